The van der Waals surface area contributed by atoms with Gasteiger partial charge in [0.25, 0.3) is 0 Å². The van der Waals surface area contributed by atoms with E-state index in [2.05, 4.69) is 0 Å². The van der Waals surface area contributed by atoms with Gasteiger partial charge in [-0.05, 0) is 18.2 Å². The maximum absolute atomic E-state index is 9.01. The number of halogens is 1. The second kappa shape index (κ2) is 5.86. The lowest BCUT2D eigenvalue weighted by molar-refractivity contribution is 0.226. The van der Waals surface area contributed by atoms with Crippen LogP contribution in [0.2, 0.25) is 5.02 Å². The molecule has 0 unspecified atom stereocenters. The van der Waals surface area contributed by atoms with Crippen LogP contribution in [0.4, 0.5) is 0 Å². The van der Waals surface area contributed by atoms with Crippen molar-refractivity contribution in [2.75, 3.05) is 13.2 Å². The summed E-state index contributed by atoms with van der Waals surface area (Å²) in [6.45, 7) is 0.433. The van der Waals surface area contributed by atoms with Crippen molar-refractivity contribution in [3.05, 3.63) is 28.8 Å². The first-order valence-electron chi connectivity index (χ1n) is 4.41. The van der Waals surface area contributed by atoms with Crippen LogP contribution in [0.5, 0.6) is 5.75 Å². The highest BCUT2D eigenvalue weighted by Crippen LogP contribution is 2.22. The van der Waals surface area contributed by atoms with E-state index in [1.54, 1.807) is 18.2 Å². The van der Waals surface area contributed by atoms with E-state index in [9.17, 15) is 0 Å². The molecule has 0 aliphatic rings. The summed E-state index contributed by atoms with van der Waals surface area (Å²) in [5, 5.41) is 18.1. The second-order valence-corrected chi connectivity index (χ2v) is 3.27. The molecule has 0 radical (unpaired) electrons. The molecule has 0 saturated carbocycles. The van der Waals surface area contributed by atoms with Gasteiger partial charge >= 0.3 is 0 Å². The lowest BCUT2D eigenvalue weighted by Gasteiger charge is -2.09. The molecule has 0 aliphatic heterocycles. The third-order valence-corrected chi connectivity index (χ3v) is 1.99. The van der Waals surface area contributed by atoms with Gasteiger partial charge in [0.1, 0.15) is 5.75 Å². The fourth-order valence-corrected chi connectivity index (χ4v) is 1.25. The molecule has 0 aliphatic carbocycles. The molecule has 4 heteroatoms. The Balaban J connectivity index is 2.65. The molecule has 1 rings (SSSR count). The van der Waals surface area contributed by atoms with E-state index in [-0.39, 0.29) is 13.2 Å². The molecule has 14 heavy (non-hydrogen) atoms. The van der Waals surface area contributed by atoms with E-state index < -0.39 is 0 Å². The molecule has 0 heterocycles. The fraction of sp³-hybridized carbons (Fsp3) is 0.400. The normalized spacial score (nSPS) is 10.2. The van der Waals surface area contributed by atoms with Gasteiger partial charge in [-0.2, -0.15) is 0 Å². The quantitative estimate of drug-likeness (QED) is 0.735. The lowest BCUT2D eigenvalue weighted by atomic mass is 10.2. The van der Waals surface area contributed by atoms with Gasteiger partial charge in [-0.1, -0.05) is 11.6 Å². The third kappa shape index (κ3) is 3.18. The minimum atomic E-state index is -0.102. The van der Waals surface area contributed by atoms with Gasteiger partial charge in [0.2, 0.25) is 0 Å². The Labute approximate surface area is 87.9 Å². The van der Waals surface area contributed by atoms with E-state index in [4.69, 9.17) is 26.6 Å². The largest absolute Gasteiger partial charge is 0.493 e. The summed E-state index contributed by atoms with van der Waals surface area (Å²) in [5.41, 5.74) is 0.662. The number of benzene rings is 1. The summed E-state index contributed by atoms with van der Waals surface area (Å²) in [6, 6.07) is 5.08. The minimum Gasteiger partial charge on any atom is -0.493 e. The molecular weight excluding hydrogens is 204 g/mol. The van der Waals surface area contributed by atoms with E-state index in [0.717, 1.165) is 0 Å². The van der Waals surface area contributed by atoms with Crippen LogP contribution in [-0.4, -0.2) is 23.4 Å². The number of aliphatic hydroxyl groups excluding tert-OH is 2. The van der Waals surface area contributed by atoms with Crippen molar-refractivity contribution in [3.8, 4) is 5.75 Å². The molecule has 0 amide bonds. The fourth-order valence-electron chi connectivity index (χ4n) is 1.06. The van der Waals surface area contributed by atoms with Crippen LogP contribution in [0.1, 0.15) is 12.0 Å². The topological polar surface area (TPSA) is 49.7 Å². The predicted octanol–water partition coefficient (Wildman–Crippen LogP) is 1.59. The monoisotopic (exact) mass is 216 g/mol. The first-order valence-corrected chi connectivity index (χ1v) is 4.78. The Bertz CT molecular complexity index is 289. The Morgan fingerprint density at radius 1 is 1.29 bits per heavy atom. The highest BCUT2D eigenvalue weighted by Gasteiger charge is 2.03. The van der Waals surface area contributed by atoms with Crippen LogP contribution in [-0.2, 0) is 6.61 Å². The average Bonchev–Trinajstić information content (AvgIpc) is 2.20. The third-order valence-electron chi connectivity index (χ3n) is 1.75. The van der Waals surface area contributed by atoms with Crippen molar-refractivity contribution in [1.82, 2.24) is 0 Å². The molecule has 1 aromatic rings. The van der Waals surface area contributed by atoms with E-state index in [0.29, 0.717) is 29.4 Å². The smallest absolute Gasteiger partial charge is 0.124 e. The van der Waals surface area contributed by atoms with Gasteiger partial charge < -0.3 is 14.9 Å². The summed E-state index contributed by atoms with van der Waals surface area (Å²) in [5.74, 6) is 0.616. The molecule has 3 nitrogen and oxygen atoms in total. The number of hydrogen-bond acceptors (Lipinski definition) is 3. The van der Waals surface area contributed by atoms with Crippen LogP contribution in [0.3, 0.4) is 0 Å². The molecule has 0 saturated heterocycles. The van der Waals surface area contributed by atoms with Gasteiger partial charge in [0.05, 0.1) is 13.2 Å². The molecule has 78 valence electrons. The molecule has 0 spiro atoms. The van der Waals surface area contributed by atoms with Crippen LogP contribution >= 0.6 is 11.6 Å². The first-order chi connectivity index (χ1) is 6.77. The van der Waals surface area contributed by atoms with E-state index in [1.807, 2.05) is 0 Å². The van der Waals surface area contributed by atoms with Crippen LogP contribution in [0, 0.1) is 0 Å². The number of hydrogen-bond donors (Lipinski definition) is 2. The summed E-state index contributed by atoms with van der Waals surface area (Å²) >= 11 is 5.75. The van der Waals surface area contributed by atoms with Gasteiger partial charge in [-0.3, -0.25) is 0 Å². The Hall–Kier alpha value is -0.770. The summed E-state index contributed by atoms with van der Waals surface area (Å²) < 4.78 is 5.34. The Morgan fingerprint density at radius 2 is 2.07 bits per heavy atom. The van der Waals surface area contributed by atoms with Crippen molar-refractivity contribution in [3.63, 3.8) is 0 Å². The Kier molecular flexibility index (Phi) is 4.73. The zero-order valence-corrected chi connectivity index (χ0v) is 8.50. The highest BCUT2D eigenvalue weighted by molar-refractivity contribution is 6.30. The van der Waals surface area contributed by atoms with Crippen molar-refractivity contribution < 1.29 is 14.9 Å². The molecule has 0 atom stereocenters. The van der Waals surface area contributed by atoms with Gasteiger partial charge in [0.15, 0.2) is 0 Å². The van der Waals surface area contributed by atoms with Crippen LogP contribution < -0.4 is 4.74 Å². The zero-order chi connectivity index (χ0) is 10.4. The van der Waals surface area contributed by atoms with E-state index in [1.165, 1.54) is 0 Å². The number of aliphatic hydroxyl groups is 2. The standard InChI is InChI=1S/C10H13ClO3/c11-9-2-3-10(8(6-9)7-13)14-5-1-4-12/h2-3,6,12-13H,1,4-5,7H2. The van der Waals surface area contributed by atoms with Crippen molar-refractivity contribution in [1.29, 1.82) is 0 Å². The number of rotatable bonds is 5. The van der Waals surface area contributed by atoms with Crippen LogP contribution in [0.15, 0.2) is 18.2 Å². The van der Waals surface area contributed by atoms with Crippen molar-refractivity contribution in [2.24, 2.45) is 0 Å². The van der Waals surface area contributed by atoms with Gasteiger partial charge in [-0.25, -0.2) is 0 Å². The summed E-state index contributed by atoms with van der Waals surface area (Å²) in [7, 11) is 0. The molecule has 0 fully saturated rings. The van der Waals surface area contributed by atoms with Crippen molar-refractivity contribution in [2.45, 2.75) is 13.0 Å². The predicted molar refractivity (Wildman–Crippen MR) is 54.6 cm³/mol. The lowest BCUT2D eigenvalue weighted by Crippen LogP contribution is -2.02. The summed E-state index contributed by atoms with van der Waals surface area (Å²) in [4.78, 5) is 0. The molecular formula is C10H13ClO3. The molecule has 0 bridgehead atoms. The SMILES string of the molecule is OCCCOc1ccc(Cl)cc1CO. The summed E-state index contributed by atoms with van der Waals surface area (Å²) in [6.07, 6.45) is 0.577. The highest BCUT2D eigenvalue weighted by atomic mass is 35.5. The molecule has 0 aromatic heterocycles. The van der Waals surface area contributed by atoms with E-state index >= 15 is 0 Å². The molecule has 1 aromatic carbocycles. The average molecular weight is 217 g/mol. The molecule has 2 N–H and O–H groups in total. The zero-order valence-electron chi connectivity index (χ0n) is 7.74. The van der Waals surface area contributed by atoms with Gasteiger partial charge in [-0.15, -0.1) is 0 Å². The van der Waals surface area contributed by atoms with Crippen LogP contribution in [0.25, 0.3) is 0 Å². The maximum atomic E-state index is 9.01. The number of ether oxygens (including phenoxy) is 1. The van der Waals surface area contributed by atoms with Gasteiger partial charge in [0, 0.05) is 23.6 Å². The first kappa shape index (κ1) is 11.3. The maximum Gasteiger partial charge on any atom is 0.124 e. The van der Waals surface area contributed by atoms with Crippen molar-refractivity contribution >= 4 is 11.6 Å². The second-order valence-electron chi connectivity index (χ2n) is 2.84. The Morgan fingerprint density at radius 3 is 2.71 bits per heavy atom. The minimum absolute atomic E-state index is 0.0993.